The normalized spacial score (nSPS) is 17.7. The Bertz CT molecular complexity index is 611. The summed E-state index contributed by atoms with van der Waals surface area (Å²) in [4.78, 5) is 2.89. The van der Waals surface area contributed by atoms with Crippen LogP contribution in [0.2, 0.25) is 0 Å². The van der Waals surface area contributed by atoms with E-state index in [9.17, 15) is 21.6 Å². The molecule has 1 N–H and O–H groups in total. The quantitative estimate of drug-likeness (QED) is 0.891. The first-order chi connectivity index (χ1) is 10.3. The lowest BCUT2D eigenvalue weighted by Gasteiger charge is -2.36. The third-order valence-corrected chi connectivity index (χ3v) is 5.12. The predicted octanol–water partition coefficient (Wildman–Crippen LogP) is 1.09. The highest BCUT2D eigenvalue weighted by Gasteiger charge is 2.48. The van der Waals surface area contributed by atoms with Crippen LogP contribution < -0.4 is 4.90 Å². The molecule has 1 aliphatic rings. The number of aliphatic hydroxyl groups is 1. The van der Waals surface area contributed by atoms with Crippen LogP contribution in [0.4, 0.5) is 18.9 Å². The highest BCUT2D eigenvalue weighted by atomic mass is 32.2. The summed E-state index contributed by atoms with van der Waals surface area (Å²) >= 11 is 0. The molecule has 0 spiro atoms. The maximum Gasteiger partial charge on any atom is 0.501 e. The number of piperazine rings is 1. The van der Waals surface area contributed by atoms with E-state index in [0.29, 0.717) is 32.7 Å². The number of hydrogen-bond donors (Lipinski definition) is 1. The Morgan fingerprint density at radius 3 is 2.23 bits per heavy atom. The summed E-state index contributed by atoms with van der Waals surface area (Å²) in [6, 6.07) is 5.17. The minimum atomic E-state index is -5.38. The Labute approximate surface area is 126 Å². The van der Waals surface area contributed by atoms with Gasteiger partial charge in [0.1, 0.15) is 0 Å². The zero-order valence-electron chi connectivity index (χ0n) is 11.8. The predicted molar refractivity (Wildman–Crippen MR) is 75.4 cm³/mol. The van der Waals surface area contributed by atoms with Crippen LogP contribution in [0.5, 0.6) is 0 Å². The van der Waals surface area contributed by atoms with Gasteiger partial charge in [0.05, 0.1) is 17.2 Å². The van der Waals surface area contributed by atoms with E-state index in [1.807, 2.05) is 4.90 Å². The number of benzene rings is 1. The van der Waals surface area contributed by atoms with Crippen molar-refractivity contribution in [3.63, 3.8) is 0 Å². The number of alkyl halides is 3. The molecule has 0 radical (unpaired) electrons. The second-order valence-electron chi connectivity index (χ2n) is 4.97. The molecule has 1 heterocycles. The minimum Gasteiger partial charge on any atom is -0.395 e. The Morgan fingerprint density at radius 1 is 1.09 bits per heavy atom. The Morgan fingerprint density at radius 2 is 1.68 bits per heavy atom. The van der Waals surface area contributed by atoms with Crippen molar-refractivity contribution in [1.29, 1.82) is 0 Å². The van der Waals surface area contributed by atoms with Gasteiger partial charge in [-0.2, -0.15) is 13.2 Å². The van der Waals surface area contributed by atoms with Crippen LogP contribution in [0, 0.1) is 0 Å². The van der Waals surface area contributed by atoms with Gasteiger partial charge in [0.2, 0.25) is 0 Å². The van der Waals surface area contributed by atoms with Crippen molar-refractivity contribution in [2.45, 2.75) is 10.4 Å². The van der Waals surface area contributed by atoms with Crippen molar-refractivity contribution < 1.29 is 26.7 Å². The number of halogens is 3. The first-order valence-electron chi connectivity index (χ1n) is 6.76. The van der Waals surface area contributed by atoms with E-state index in [1.165, 1.54) is 18.2 Å². The van der Waals surface area contributed by atoms with E-state index in [1.54, 1.807) is 4.90 Å². The zero-order chi connectivity index (χ0) is 16.4. The topological polar surface area (TPSA) is 60.9 Å². The van der Waals surface area contributed by atoms with Gasteiger partial charge in [0, 0.05) is 32.7 Å². The molecule has 0 aromatic heterocycles. The average molecular weight is 338 g/mol. The van der Waals surface area contributed by atoms with Gasteiger partial charge in [-0.25, -0.2) is 8.42 Å². The molecular formula is C13H17F3N2O3S. The van der Waals surface area contributed by atoms with Gasteiger partial charge in [0.25, 0.3) is 9.84 Å². The molecule has 1 aromatic carbocycles. The van der Waals surface area contributed by atoms with Crippen LogP contribution >= 0.6 is 0 Å². The molecule has 2 rings (SSSR count). The summed E-state index contributed by atoms with van der Waals surface area (Å²) in [5.74, 6) is 0. The number of nitrogens with zero attached hydrogens (tertiary/aromatic N) is 2. The lowest BCUT2D eigenvalue weighted by molar-refractivity contribution is -0.0435. The molecular weight excluding hydrogens is 321 g/mol. The summed E-state index contributed by atoms with van der Waals surface area (Å²) in [6.07, 6.45) is 0. The van der Waals surface area contributed by atoms with E-state index in [4.69, 9.17) is 5.11 Å². The highest BCUT2D eigenvalue weighted by molar-refractivity contribution is 7.92. The lowest BCUT2D eigenvalue weighted by atomic mass is 10.2. The molecule has 5 nitrogen and oxygen atoms in total. The number of sulfone groups is 1. The van der Waals surface area contributed by atoms with Gasteiger partial charge >= 0.3 is 5.51 Å². The van der Waals surface area contributed by atoms with E-state index in [-0.39, 0.29) is 12.3 Å². The van der Waals surface area contributed by atoms with Gasteiger partial charge in [-0.15, -0.1) is 0 Å². The maximum absolute atomic E-state index is 12.8. The lowest BCUT2D eigenvalue weighted by Crippen LogP contribution is -2.47. The first kappa shape index (κ1) is 17.0. The molecule has 0 amide bonds. The van der Waals surface area contributed by atoms with Crippen LogP contribution in [0.3, 0.4) is 0 Å². The van der Waals surface area contributed by atoms with Gasteiger partial charge in [-0.05, 0) is 12.1 Å². The summed E-state index contributed by atoms with van der Waals surface area (Å²) in [5.41, 5.74) is -5.24. The van der Waals surface area contributed by atoms with Gasteiger partial charge in [0.15, 0.2) is 0 Å². The van der Waals surface area contributed by atoms with E-state index < -0.39 is 20.2 Å². The van der Waals surface area contributed by atoms with Gasteiger partial charge in [-0.1, -0.05) is 12.1 Å². The number of anilines is 1. The standard InChI is InChI=1S/C13H17F3N2O3S/c14-13(15,16)22(20,21)12-4-2-1-3-11(12)18-7-5-17(6-8-18)9-10-19/h1-4,19H,5-10H2. The number of para-hydroxylation sites is 1. The van der Waals surface area contributed by atoms with Crippen molar-refractivity contribution in [2.75, 3.05) is 44.2 Å². The van der Waals surface area contributed by atoms with E-state index >= 15 is 0 Å². The van der Waals surface area contributed by atoms with Crippen molar-refractivity contribution in [1.82, 2.24) is 4.90 Å². The van der Waals surface area contributed by atoms with Crippen molar-refractivity contribution in [3.05, 3.63) is 24.3 Å². The van der Waals surface area contributed by atoms with Crippen molar-refractivity contribution in [3.8, 4) is 0 Å². The molecule has 1 fully saturated rings. The fraction of sp³-hybridized carbons (Fsp3) is 0.538. The molecule has 1 aromatic rings. The smallest absolute Gasteiger partial charge is 0.395 e. The summed E-state index contributed by atoms with van der Waals surface area (Å²) in [7, 11) is -5.38. The fourth-order valence-corrected chi connectivity index (χ4v) is 3.40. The number of rotatable bonds is 4. The molecule has 0 atom stereocenters. The summed E-state index contributed by atoms with van der Waals surface area (Å²) < 4.78 is 61.7. The Balaban J connectivity index is 2.28. The van der Waals surface area contributed by atoms with Crippen molar-refractivity contribution in [2.24, 2.45) is 0 Å². The van der Waals surface area contributed by atoms with Crippen LogP contribution in [0.25, 0.3) is 0 Å². The monoisotopic (exact) mass is 338 g/mol. The third-order valence-electron chi connectivity index (χ3n) is 3.59. The summed E-state index contributed by atoms with van der Waals surface area (Å²) in [6.45, 7) is 2.44. The van der Waals surface area contributed by atoms with Crippen LogP contribution in [-0.2, 0) is 9.84 Å². The fourth-order valence-electron chi connectivity index (χ4n) is 2.42. The van der Waals surface area contributed by atoms with Crippen molar-refractivity contribution >= 4 is 15.5 Å². The van der Waals surface area contributed by atoms with Crippen LogP contribution in [0.1, 0.15) is 0 Å². The van der Waals surface area contributed by atoms with Gasteiger partial charge in [-0.3, -0.25) is 4.90 Å². The van der Waals surface area contributed by atoms with Crippen LogP contribution in [-0.4, -0.2) is 63.3 Å². The Kier molecular flexibility index (Phi) is 4.98. The second-order valence-corrected chi connectivity index (χ2v) is 6.88. The third kappa shape index (κ3) is 3.36. The van der Waals surface area contributed by atoms with E-state index in [2.05, 4.69) is 0 Å². The first-order valence-corrected chi connectivity index (χ1v) is 8.24. The minimum absolute atomic E-state index is 0.0129. The van der Waals surface area contributed by atoms with E-state index in [0.717, 1.165) is 6.07 Å². The molecule has 0 saturated carbocycles. The molecule has 1 aliphatic heterocycles. The molecule has 9 heteroatoms. The molecule has 124 valence electrons. The zero-order valence-corrected chi connectivity index (χ0v) is 12.6. The number of hydrogen-bond acceptors (Lipinski definition) is 5. The number of β-amino-alcohol motifs (C(OH)–C–C–N with tert-alkyl or cyclic N) is 1. The molecule has 1 saturated heterocycles. The largest absolute Gasteiger partial charge is 0.501 e. The van der Waals surface area contributed by atoms with Crippen LogP contribution in [0.15, 0.2) is 29.2 Å². The maximum atomic E-state index is 12.8. The molecule has 0 aliphatic carbocycles. The molecule has 22 heavy (non-hydrogen) atoms. The molecule has 0 bridgehead atoms. The second kappa shape index (κ2) is 6.43. The van der Waals surface area contributed by atoms with Gasteiger partial charge < -0.3 is 10.0 Å². The summed E-state index contributed by atoms with van der Waals surface area (Å²) in [5, 5.41) is 8.88. The number of aliphatic hydroxyl groups excluding tert-OH is 1. The Hall–Kier alpha value is -1.32. The molecule has 0 unspecified atom stereocenters. The average Bonchev–Trinajstić information content (AvgIpc) is 2.47. The SMILES string of the molecule is O=S(=O)(c1ccccc1N1CCN(CCO)CC1)C(F)(F)F. The highest BCUT2D eigenvalue weighted by Crippen LogP contribution is 2.35.